The van der Waals surface area contributed by atoms with Crippen LogP contribution < -0.4 is 4.74 Å². The molecule has 1 aliphatic heterocycles. The van der Waals surface area contributed by atoms with E-state index in [1.165, 1.54) is 5.56 Å². The minimum atomic E-state index is 0.109. The fourth-order valence-corrected chi connectivity index (χ4v) is 3.90. The number of ether oxygens (including phenoxy) is 1. The first kappa shape index (κ1) is 20.1. The Morgan fingerprint density at radius 1 is 0.967 bits per heavy atom. The molecule has 0 radical (unpaired) electrons. The maximum absolute atomic E-state index is 12.8. The van der Waals surface area contributed by atoms with Crippen LogP contribution in [-0.4, -0.2) is 33.9 Å². The van der Waals surface area contributed by atoms with Crippen LogP contribution in [0.1, 0.15) is 39.9 Å². The molecule has 0 spiro atoms. The Hall–Kier alpha value is -3.21. The van der Waals surface area contributed by atoms with E-state index in [4.69, 9.17) is 4.74 Å². The molecule has 0 unspecified atom stereocenters. The number of nitrogens with zero attached hydrogens (tertiary/aromatic N) is 3. The SMILES string of the molecule is Cc1ccncc1C(=O)N1CCC(Cc2ccc(COc3ccncc3)cc2)CC1. The standard InChI is InChI=1S/C25H27N3O2/c1-19-6-11-27-17-24(19)25(29)28-14-9-21(10-15-28)16-20-2-4-22(5-3-20)18-30-23-7-12-26-13-8-23/h2-8,11-13,17,21H,9-10,14-16,18H2,1H3. The number of rotatable bonds is 6. The summed E-state index contributed by atoms with van der Waals surface area (Å²) in [5.41, 5.74) is 4.21. The lowest BCUT2D eigenvalue weighted by atomic mass is 9.89. The van der Waals surface area contributed by atoms with Crippen LogP contribution in [-0.2, 0) is 13.0 Å². The molecule has 0 N–H and O–H groups in total. The number of amides is 1. The van der Waals surface area contributed by atoms with Crippen molar-refractivity contribution in [1.82, 2.24) is 14.9 Å². The lowest BCUT2D eigenvalue weighted by Gasteiger charge is -2.32. The highest BCUT2D eigenvalue weighted by Crippen LogP contribution is 2.24. The molecule has 2 aromatic heterocycles. The van der Waals surface area contributed by atoms with E-state index in [0.717, 1.165) is 54.8 Å². The Labute approximate surface area is 177 Å². The molecular formula is C25H27N3O2. The third-order valence-corrected chi connectivity index (χ3v) is 5.77. The number of benzene rings is 1. The number of aryl methyl sites for hydroxylation is 1. The highest BCUT2D eigenvalue weighted by atomic mass is 16.5. The molecule has 0 aliphatic carbocycles. The maximum atomic E-state index is 12.8. The molecule has 1 amide bonds. The van der Waals surface area contributed by atoms with E-state index in [-0.39, 0.29) is 5.91 Å². The number of carbonyl (C=O) groups excluding carboxylic acids is 1. The van der Waals surface area contributed by atoms with Gasteiger partial charge < -0.3 is 9.64 Å². The lowest BCUT2D eigenvalue weighted by molar-refractivity contribution is 0.0689. The van der Waals surface area contributed by atoms with Crippen molar-refractivity contribution in [3.05, 3.63) is 89.5 Å². The first-order valence-corrected chi connectivity index (χ1v) is 10.5. The summed E-state index contributed by atoms with van der Waals surface area (Å²) in [5, 5.41) is 0. The van der Waals surface area contributed by atoms with Gasteiger partial charge in [0.2, 0.25) is 0 Å². The van der Waals surface area contributed by atoms with E-state index in [1.54, 1.807) is 24.8 Å². The molecule has 1 aromatic carbocycles. The number of pyridine rings is 2. The number of piperidine rings is 1. The molecule has 3 heterocycles. The molecule has 3 aromatic rings. The van der Waals surface area contributed by atoms with Crippen LogP contribution in [0, 0.1) is 12.8 Å². The van der Waals surface area contributed by atoms with Crippen LogP contribution in [0.5, 0.6) is 5.75 Å². The average Bonchev–Trinajstić information content (AvgIpc) is 2.80. The molecule has 0 atom stereocenters. The number of hydrogen-bond donors (Lipinski definition) is 0. The summed E-state index contributed by atoms with van der Waals surface area (Å²) in [4.78, 5) is 22.8. The monoisotopic (exact) mass is 401 g/mol. The number of aromatic nitrogens is 2. The van der Waals surface area contributed by atoms with Gasteiger partial charge in [0.05, 0.1) is 5.56 Å². The zero-order valence-electron chi connectivity index (χ0n) is 17.3. The van der Waals surface area contributed by atoms with Crippen molar-refractivity contribution in [2.24, 2.45) is 5.92 Å². The van der Waals surface area contributed by atoms with Crippen LogP contribution in [0.25, 0.3) is 0 Å². The molecule has 5 nitrogen and oxygen atoms in total. The minimum Gasteiger partial charge on any atom is -0.489 e. The van der Waals surface area contributed by atoms with E-state index >= 15 is 0 Å². The molecule has 154 valence electrons. The number of hydrogen-bond acceptors (Lipinski definition) is 4. The third kappa shape index (κ3) is 5.03. The van der Waals surface area contributed by atoms with E-state index in [0.29, 0.717) is 12.5 Å². The zero-order chi connectivity index (χ0) is 20.8. The summed E-state index contributed by atoms with van der Waals surface area (Å²) in [7, 11) is 0. The largest absolute Gasteiger partial charge is 0.489 e. The molecule has 0 saturated carbocycles. The van der Waals surface area contributed by atoms with Crippen molar-refractivity contribution < 1.29 is 9.53 Å². The van der Waals surface area contributed by atoms with E-state index in [1.807, 2.05) is 30.0 Å². The van der Waals surface area contributed by atoms with Gasteiger partial charge in [-0.2, -0.15) is 0 Å². The maximum Gasteiger partial charge on any atom is 0.255 e. The van der Waals surface area contributed by atoms with E-state index < -0.39 is 0 Å². The number of likely N-dealkylation sites (tertiary alicyclic amines) is 1. The van der Waals surface area contributed by atoms with Gasteiger partial charge in [0.1, 0.15) is 12.4 Å². The second kappa shape index (κ2) is 9.53. The molecular weight excluding hydrogens is 374 g/mol. The Morgan fingerprint density at radius 3 is 2.33 bits per heavy atom. The first-order chi connectivity index (χ1) is 14.7. The normalized spacial score (nSPS) is 14.5. The Bertz CT molecular complexity index is 965. The summed E-state index contributed by atoms with van der Waals surface area (Å²) in [6.45, 7) is 4.15. The van der Waals surface area contributed by atoms with Gasteiger partial charge in [-0.1, -0.05) is 24.3 Å². The van der Waals surface area contributed by atoms with Gasteiger partial charge in [-0.25, -0.2) is 0 Å². The predicted molar refractivity (Wildman–Crippen MR) is 116 cm³/mol. The van der Waals surface area contributed by atoms with Crippen molar-refractivity contribution >= 4 is 5.91 Å². The Kier molecular flexibility index (Phi) is 6.38. The predicted octanol–water partition coefficient (Wildman–Crippen LogP) is 4.46. The van der Waals surface area contributed by atoms with Gasteiger partial charge in [-0.3, -0.25) is 14.8 Å². The van der Waals surface area contributed by atoms with Gasteiger partial charge in [0, 0.05) is 37.9 Å². The highest BCUT2D eigenvalue weighted by Gasteiger charge is 2.24. The van der Waals surface area contributed by atoms with Crippen LogP contribution in [0.15, 0.2) is 67.3 Å². The summed E-state index contributed by atoms with van der Waals surface area (Å²) in [5.74, 6) is 1.55. The molecule has 4 rings (SSSR count). The van der Waals surface area contributed by atoms with Gasteiger partial charge >= 0.3 is 0 Å². The second-order valence-corrected chi connectivity index (χ2v) is 7.92. The van der Waals surface area contributed by atoms with Gasteiger partial charge in [0.25, 0.3) is 5.91 Å². The fraction of sp³-hybridized carbons (Fsp3) is 0.320. The van der Waals surface area contributed by atoms with Crippen LogP contribution in [0.4, 0.5) is 0 Å². The first-order valence-electron chi connectivity index (χ1n) is 10.5. The summed E-state index contributed by atoms with van der Waals surface area (Å²) >= 11 is 0. The molecule has 1 aliphatic rings. The summed E-state index contributed by atoms with van der Waals surface area (Å²) in [6, 6.07) is 14.3. The molecule has 1 saturated heterocycles. The van der Waals surface area contributed by atoms with Gasteiger partial charge in [-0.15, -0.1) is 0 Å². The van der Waals surface area contributed by atoms with Crippen LogP contribution in [0.2, 0.25) is 0 Å². The highest BCUT2D eigenvalue weighted by molar-refractivity contribution is 5.95. The fourth-order valence-electron chi connectivity index (χ4n) is 3.90. The zero-order valence-corrected chi connectivity index (χ0v) is 17.3. The topological polar surface area (TPSA) is 55.3 Å². The average molecular weight is 402 g/mol. The summed E-state index contributed by atoms with van der Waals surface area (Å²) < 4.78 is 5.78. The summed E-state index contributed by atoms with van der Waals surface area (Å²) in [6.07, 6.45) is 10.0. The third-order valence-electron chi connectivity index (χ3n) is 5.77. The smallest absolute Gasteiger partial charge is 0.255 e. The molecule has 30 heavy (non-hydrogen) atoms. The second-order valence-electron chi connectivity index (χ2n) is 7.92. The van der Waals surface area contributed by atoms with Crippen molar-refractivity contribution in [3.8, 4) is 5.75 Å². The lowest BCUT2D eigenvalue weighted by Crippen LogP contribution is -2.39. The van der Waals surface area contributed by atoms with E-state index in [9.17, 15) is 4.79 Å². The Balaban J connectivity index is 1.26. The van der Waals surface area contributed by atoms with Crippen LogP contribution >= 0.6 is 0 Å². The Morgan fingerprint density at radius 2 is 1.63 bits per heavy atom. The quantitative estimate of drug-likeness (QED) is 0.612. The van der Waals surface area contributed by atoms with Crippen molar-refractivity contribution in [2.75, 3.05) is 13.1 Å². The number of carbonyl (C=O) groups is 1. The van der Waals surface area contributed by atoms with E-state index in [2.05, 4.69) is 34.2 Å². The van der Waals surface area contributed by atoms with Crippen molar-refractivity contribution in [2.45, 2.75) is 32.8 Å². The van der Waals surface area contributed by atoms with Crippen LogP contribution in [0.3, 0.4) is 0 Å². The minimum absolute atomic E-state index is 0.109. The van der Waals surface area contributed by atoms with Crippen molar-refractivity contribution in [3.63, 3.8) is 0 Å². The van der Waals surface area contributed by atoms with Gasteiger partial charge in [-0.05, 0) is 67.0 Å². The molecule has 1 fully saturated rings. The van der Waals surface area contributed by atoms with Gasteiger partial charge in [0.15, 0.2) is 0 Å². The van der Waals surface area contributed by atoms with Crippen molar-refractivity contribution in [1.29, 1.82) is 0 Å². The molecule has 5 heteroatoms. The molecule has 0 bridgehead atoms.